The quantitative estimate of drug-likeness (QED) is 0.917. The number of hydrogen-bond acceptors (Lipinski definition) is 3. The minimum Gasteiger partial charge on any atom is -0.483 e. The summed E-state index contributed by atoms with van der Waals surface area (Å²) in [7, 11) is 0. The van der Waals surface area contributed by atoms with Gasteiger partial charge in [0.25, 0.3) is 5.91 Å². The van der Waals surface area contributed by atoms with Crippen LogP contribution in [0.2, 0.25) is 5.02 Å². The van der Waals surface area contributed by atoms with Crippen LogP contribution in [0, 0.1) is 18.3 Å². The lowest BCUT2D eigenvalue weighted by molar-refractivity contribution is -0.140. The molecule has 5 nitrogen and oxygen atoms in total. The molecule has 1 N–H and O–H groups in total. The summed E-state index contributed by atoms with van der Waals surface area (Å²) in [5, 5.41) is 9.73. The normalized spacial score (nSPS) is 22.0. The second-order valence-corrected chi connectivity index (χ2v) is 6.97. The molecule has 1 amide bonds. The zero-order valence-electron chi connectivity index (χ0n) is 13.0. The highest BCUT2D eigenvalue weighted by Crippen LogP contribution is 2.59. The third-order valence-electron chi connectivity index (χ3n) is 5.09. The molecule has 0 aromatic heterocycles. The maximum absolute atomic E-state index is 12.3. The monoisotopic (exact) mass is 337 g/mol. The van der Waals surface area contributed by atoms with Gasteiger partial charge in [0, 0.05) is 18.1 Å². The molecule has 1 heterocycles. The topological polar surface area (TPSA) is 66.8 Å². The molecule has 2 fully saturated rings. The van der Waals surface area contributed by atoms with Crippen molar-refractivity contribution >= 4 is 23.5 Å². The largest absolute Gasteiger partial charge is 0.483 e. The lowest BCUT2D eigenvalue weighted by atomic mass is 9.91. The van der Waals surface area contributed by atoms with Crippen LogP contribution in [0.3, 0.4) is 0 Å². The smallest absolute Gasteiger partial charge is 0.307 e. The molecule has 6 heteroatoms. The predicted molar refractivity (Wildman–Crippen MR) is 85.7 cm³/mol. The molecule has 0 bridgehead atoms. The molecular weight excluding hydrogens is 318 g/mol. The number of benzene rings is 1. The zero-order valence-corrected chi connectivity index (χ0v) is 13.8. The highest BCUT2D eigenvalue weighted by molar-refractivity contribution is 6.30. The number of hydrogen-bond donors (Lipinski definition) is 1. The summed E-state index contributed by atoms with van der Waals surface area (Å²) in [6.45, 7) is 3.12. The molecule has 2 aliphatic rings. The van der Waals surface area contributed by atoms with Crippen LogP contribution in [0.5, 0.6) is 5.75 Å². The Morgan fingerprint density at radius 2 is 2.09 bits per heavy atom. The molecule has 1 saturated heterocycles. The number of piperidine rings is 1. The van der Waals surface area contributed by atoms with Crippen molar-refractivity contribution in [3.63, 3.8) is 0 Å². The number of carbonyl (C=O) groups excluding carboxylic acids is 1. The van der Waals surface area contributed by atoms with Gasteiger partial charge in [-0.05, 0) is 55.4 Å². The molecule has 0 radical (unpaired) electrons. The molecule has 3 rings (SSSR count). The summed E-state index contributed by atoms with van der Waals surface area (Å²) in [5.41, 5.74) is 0.834. The van der Waals surface area contributed by atoms with Gasteiger partial charge in [0.15, 0.2) is 6.61 Å². The molecule has 23 heavy (non-hydrogen) atoms. The molecule has 1 atom stereocenters. The number of ether oxygens (including phenoxy) is 1. The van der Waals surface area contributed by atoms with E-state index in [4.69, 9.17) is 21.4 Å². The number of nitrogens with zero attached hydrogens (tertiary/aromatic N) is 1. The third kappa shape index (κ3) is 3.29. The second kappa shape index (κ2) is 6.04. The van der Waals surface area contributed by atoms with Crippen LogP contribution in [0.15, 0.2) is 18.2 Å². The number of likely N-dealkylation sites (tertiary alicyclic amines) is 1. The Kier molecular flexibility index (Phi) is 4.23. The summed E-state index contributed by atoms with van der Waals surface area (Å²) in [6.07, 6.45) is 2.30. The fourth-order valence-electron chi connectivity index (χ4n) is 3.46. The van der Waals surface area contributed by atoms with Crippen molar-refractivity contribution in [2.75, 3.05) is 19.7 Å². The fourth-order valence-corrected chi connectivity index (χ4v) is 3.68. The number of halogens is 1. The van der Waals surface area contributed by atoms with Gasteiger partial charge in [-0.1, -0.05) is 11.6 Å². The number of carboxylic acids is 1. The second-order valence-electron chi connectivity index (χ2n) is 6.54. The molecule has 1 aliphatic carbocycles. The highest BCUT2D eigenvalue weighted by Gasteiger charge is 2.59. The lowest BCUT2D eigenvalue weighted by Gasteiger charge is -2.32. The average molecular weight is 338 g/mol. The van der Waals surface area contributed by atoms with Crippen LogP contribution in [0.25, 0.3) is 0 Å². The predicted octanol–water partition coefficient (Wildman–Crippen LogP) is 2.74. The number of rotatable bonds is 4. The van der Waals surface area contributed by atoms with E-state index >= 15 is 0 Å². The van der Waals surface area contributed by atoms with Gasteiger partial charge < -0.3 is 14.7 Å². The van der Waals surface area contributed by atoms with Gasteiger partial charge in [0.2, 0.25) is 0 Å². The van der Waals surface area contributed by atoms with Crippen molar-refractivity contribution in [1.29, 1.82) is 0 Å². The van der Waals surface area contributed by atoms with Crippen molar-refractivity contribution in [2.24, 2.45) is 11.3 Å². The first-order valence-corrected chi connectivity index (χ1v) is 8.19. The van der Waals surface area contributed by atoms with Crippen molar-refractivity contribution in [3.05, 3.63) is 28.8 Å². The van der Waals surface area contributed by atoms with E-state index in [1.165, 1.54) is 0 Å². The number of aliphatic carboxylic acids is 1. The van der Waals surface area contributed by atoms with E-state index in [1.54, 1.807) is 23.1 Å². The molecule has 124 valence electrons. The zero-order chi connectivity index (χ0) is 16.6. The van der Waals surface area contributed by atoms with Crippen LogP contribution >= 0.6 is 11.6 Å². The van der Waals surface area contributed by atoms with Gasteiger partial charge in [0.1, 0.15) is 5.75 Å². The van der Waals surface area contributed by atoms with Gasteiger partial charge >= 0.3 is 5.97 Å². The van der Waals surface area contributed by atoms with Crippen LogP contribution in [0.4, 0.5) is 0 Å². The third-order valence-corrected chi connectivity index (χ3v) is 5.32. The summed E-state index contributed by atoms with van der Waals surface area (Å²) in [5.74, 6) is -0.315. The van der Waals surface area contributed by atoms with E-state index in [1.807, 2.05) is 6.92 Å². The molecular formula is C17H20ClNO4. The maximum atomic E-state index is 12.3. The SMILES string of the molecule is Cc1cc(Cl)ccc1OCC(=O)N1CCC2(CC1)CC2C(=O)O. The lowest BCUT2D eigenvalue weighted by Crippen LogP contribution is -2.42. The maximum Gasteiger partial charge on any atom is 0.307 e. The van der Waals surface area contributed by atoms with Gasteiger partial charge in [-0.25, -0.2) is 0 Å². The van der Waals surface area contributed by atoms with E-state index in [-0.39, 0.29) is 23.8 Å². The Balaban J connectivity index is 1.49. The van der Waals surface area contributed by atoms with Crippen LogP contribution in [-0.4, -0.2) is 41.6 Å². The Labute approximate surface area is 140 Å². The Bertz CT molecular complexity index is 637. The first-order chi connectivity index (χ1) is 10.9. The Hall–Kier alpha value is -1.75. The fraction of sp³-hybridized carbons (Fsp3) is 0.529. The summed E-state index contributed by atoms with van der Waals surface area (Å²) < 4.78 is 5.59. The summed E-state index contributed by atoms with van der Waals surface area (Å²) in [4.78, 5) is 25.1. The average Bonchev–Trinajstić information content (AvgIpc) is 3.21. The number of amides is 1. The van der Waals surface area contributed by atoms with Crippen LogP contribution in [-0.2, 0) is 9.59 Å². The van der Waals surface area contributed by atoms with Gasteiger partial charge in [-0.2, -0.15) is 0 Å². The Morgan fingerprint density at radius 3 is 2.65 bits per heavy atom. The molecule has 1 aromatic rings. The van der Waals surface area contributed by atoms with Gasteiger partial charge in [-0.15, -0.1) is 0 Å². The minimum atomic E-state index is -0.702. The van der Waals surface area contributed by atoms with Gasteiger partial charge in [0.05, 0.1) is 5.92 Å². The first-order valence-electron chi connectivity index (χ1n) is 7.81. The first kappa shape index (κ1) is 16.1. The Morgan fingerprint density at radius 1 is 1.39 bits per heavy atom. The number of aryl methyl sites for hydroxylation is 1. The minimum absolute atomic E-state index is 0.00215. The van der Waals surface area contributed by atoms with Crippen molar-refractivity contribution in [2.45, 2.75) is 26.2 Å². The van der Waals surface area contributed by atoms with E-state index < -0.39 is 5.97 Å². The van der Waals surface area contributed by atoms with Crippen molar-refractivity contribution in [1.82, 2.24) is 4.90 Å². The van der Waals surface area contributed by atoms with E-state index in [9.17, 15) is 9.59 Å². The van der Waals surface area contributed by atoms with E-state index in [0.29, 0.717) is 23.9 Å². The van der Waals surface area contributed by atoms with Crippen LogP contribution < -0.4 is 4.74 Å². The molecule has 1 unspecified atom stereocenters. The molecule has 1 saturated carbocycles. The molecule has 1 aromatic carbocycles. The standard InChI is InChI=1S/C17H20ClNO4/c1-11-8-12(18)2-3-14(11)23-10-15(20)19-6-4-17(5-7-19)9-13(17)16(21)22/h2-3,8,13H,4-7,9-10H2,1H3,(H,21,22). The molecule has 1 spiro atoms. The highest BCUT2D eigenvalue weighted by atomic mass is 35.5. The molecule has 1 aliphatic heterocycles. The number of carboxylic acid groups (broad SMARTS) is 1. The number of carbonyl (C=O) groups is 2. The van der Waals surface area contributed by atoms with E-state index in [2.05, 4.69) is 0 Å². The summed E-state index contributed by atoms with van der Waals surface area (Å²) >= 11 is 5.90. The van der Waals surface area contributed by atoms with Crippen LogP contribution in [0.1, 0.15) is 24.8 Å². The van der Waals surface area contributed by atoms with E-state index in [0.717, 1.165) is 24.8 Å². The van der Waals surface area contributed by atoms with Crippen molar-refractivity contribution < 1.29 is 19.4 Å². The van der Waals surface area contributed by atoms with Gasteiger partial charge in [-0.3, -0.25) is 9.59 Å². The van der Waals surface area contributed by atoms with Crippen molar-refractivity contribution in [3.8, 4) is 5.75 Å². The summed E-state index contributed by atoms with van der Waals surface area (Å²) in [6, 6.07) is 5.29.